The molecule has 2 aromatic heterocycles. The Morgan fingerprint density at radius 1 is 1.62 bits per heavy atom. The summed E-state index contributed by atoms with van der Waals surface area (Å²) in [6.45, 7) is 1.47. The summed E-state index contributed by atoms with van der Waals surface area (Å²) in [4.78, 5) is 10.9. The molecule has 2 rings (SSSR count). The van der Waals surface area contributed by atoms with Gasteiger partial charge in [0.25, 0.3) is 0 Å². The van der Waals surface area contributed by atoms with Crippen molar-refractivity contribution in [2.24, 2.45) is 0 Å². The van der Waals surface area contributed by atoms with Crippen molar-refractivity contribution >= 4 is 5.78 Å². The number of Topliss-reactive ketones (excluding diaryl/α,β-unsaturated/α-hetero) is 1. The van der Waals surface area contributed by atoms with Crippen molar-refractivity contribution in [2.75, 3.05) is 0 Å². The van der Waals surface area contributed by atoms with Gasteiger partial charge in [0.1, 0.15) is 11.4 Å². The predicted octanol–water partition coefficient (Wildman–Crippen LogP) is 1.87. The highest BCUT2D eigenvalue weighted by Crippen LogP contribution is 2.17. The molecule has 0 aromatic carbocycles. The van der Waals surface area contributed by atoms with E-state index in [2.05, 4.69) is 10.2 Å². The standard InChI is InChI=1S/C9H8N2O2/c1-6(12)7-5-8(11-10-7)9-3-2-4-13-9/h2-5H,1H3,(H,10,11). The van der Waals surface area contributed by atoms with Crippen LogP contribution in [0.1, 0.15) is 17.4 Å². The summed E-state index contributed by atoms with van der Waals surface area (Å²) in [7, 11) is 0. The van der Waals surface area contributed by atoms with Crippen molar-refractivity contribution in [3.8, 4) is 11.5 Å². The van der Waals surface area contributed by atoms with Crippen LogP contribution in [-0.2, 0) is 0 Å². The zero-order chi connectivity index (χ0) is 9.26. The summed E-state index contributed by atoms with van der Waals surface area (Å²) in [5.74, 6) is 0.619. The van der Waals surface area contributed by atoms with Crippen LogP contribution < -0.4 is 0 Å². The fourth-order valence-electron chi connectivity index (χ4n) is 1.06. The third kappa shape index (κ3) is 1.38. The molecule has 4 heteroatoms. The summed E-state index contributed by atoms with van der Waals surface area (Å²) in [5, 5.41) is 6.56. The molecule has 4 nitrogen and oxygen atoms in total. The lowest BCUT2D eigenvalue weighted by molar-refractivity contribution is 0.101. The normalized spacial score (nSPS) is 10.2. The molecule has 0 saturated carbocycles. The van der Waals surface area contributed by atoms with Gasteiger partial charge in [-0.3, -0.25) is 9.89 Å². The molecule has 0 spiro atoms. The van der Waals surface area contributed by atoms with Crippen LogP contribution in [0.4, 0.5) is 0 Å². The molecular formula is C9H8N2O2. The van der Waals surface area contributed by atoms with E-state index < -0.39 is 0 Å². The van der Waals surface area contributed by atoms with Crippen LogP contribution in [0.3, 0.4) is 0 Å². The van der Waals surface area contributed by atoms with Crippen LogP contribution in [0.25, 0.3) is 11.5 Å². The first kappa shape index (κ1) is 7.79. The third-order valence-electron chi connectivity index (χ3n) is 1.73. The minimum absolute atomic E-state index is 0.0611. The third-order valence-corrected chi connectivity index (χ3v) is 1.73. The molecule has 0 bridgehead atoms. The van der Waals surface area contributed by atoms with E-state index in [0.717, 1.165) is 5.69 Å². The van der Waals surface area contributed by atoms with Crippen molar-refractivity contribution in [1.29, 1.82) is 0 Å². The minimum Gasteiger partial charge on any atom is -0.463 e. The van der Waals surface area contributed by atoms with Crippen molar-refractivity contribution in [3.63, 3.8) is 0 Å². The maximum atomic E-state index is 10.9. The highest BCUT2D eigenvalue weighted by molar-refractivity contribution is 5.92. The van der Waals surface area contributed by atoms with Crippen LogP contribution in [0.15, 0.2) is 28.9 Å². The van der Waals surface area contributed by atoms with E-state index in [-0.39, 0.29) is 5.78 Å². The largest absolute Gasteiger partial charge is 0.463 e. The number of nitrogens with one attached hydrogen (secondary N) is 1. The molecule has 0 fully saturated rings. The maximum Gasteiger partial charge on any atom is 0.179 e. The molecule has 0 amide bonds. The quantitative estimate of drug-likeness (QED) is 0.710. The molecule has 66 valence electrons. The average molecular weight is 176 g/mol. The molecule has 0 atom stereocenters. The van der Waals surface area contributed by atoms with Gasteiger partial charge in [-0.05, 0) is 18.2 Å². The van der Waals surface area contributed by atoms with Crippen LogP contribution in [0.5, 0.6) is 0 Å². The first-order valence-corrected chi connectivity index (χ1v) is 3.87. The second-order valence-corrected chi connectivity index (χ2v) is 2.70. The van der Waals surface area contributed by atoms with E-state index >= 15 is 0 Å². The van der Waals surface area contributed by atoms with Gasteiger partial charge in [-0.15, -0.1) is 0 Å². The van der Waals surface area contributed by atoms with Gasteiger partial charge in [0.15, 0.2) is 11.5 Å². The zero-order valence-electron chi connectivity index (χ0n) is 7.07. The number of hydrogen-bond donors (Lipinski definition) is 1. The molecule has 0 radical (unpaired) electrons. The van der Waals surface area contributed by atoms with E-state index in [0.29, 0.717) is 11.5 Å². The second kappa shape index (κ2) is 2.90. The number of carbonyl (C=O) groups is 1. The van der Waals surface area contributed by atoms with E-state index in [1.807, 2.05) is 0 Å². The second-order valence-electron chi connectivity index (χ2n) is 2.70. The topological polar surface area (TPSA) is 58.9 Å². The number of hydrogen-bond acceptors (Lipinski definition) is 3. The Bertz CT molecular complexity index is 415. The van der Waals surface area contributed by atoms with Gasteiger partial charge in [-0.2, -0.15) is 5.10 Å². The molecule has 0 aliphatic carbocycles. The predicted molar refractivity (Wildman–Crippen MR) is 46.3 cm³/mol. The Labute approximate surface area is 74.6 Å². The van der Waals surface area contributed by atoms with Crippen LogP contribution in [-0.4, -0.2) is 16.0 Å². The van der Waals surface area contributed by atoms with E-state index in [1.54, 1.807) is 24.5 Å². The van der Waals surface area contributed by atoms with Gasteiger partial charge in [0.05, 0.1) is 6.26 Å². The summed E-state index contributed by atoms with van der Waals surface area (Å²) in [6, 6.07) is 5.25. The Morgan fingerprint density at radius 2 is 2.46 bits per heavy atom. The number of H-pyrrole nitrogens is 1. The lowest BCUT2D eigenvalue weighted by Crippen LogP contribution is -1.90. The van der Waals surface area contributed by atoms with Gasteiger partial charge < -0.3 is 4.42 Å². The van der Waals surface area contributed by atoms with E-state index in [4.69, 9.17) is 4.42 Å². The number of rotatable bonds is 2. The summed E-state index contributed by atoms with van der Waals surface area (Å²) in [5.41, 5.74) is 1.14. The number of nitrogens with zero attached hydrogens (tertiary/aromatic N) is 1. The van der Waals surface area contributed by atoms with Crippen molar-refractivity contribution in [2.45, 2.75) is 6.92 Å². The molecule has 0 saturated heterocycles. The average Bonchev–Trinajstić information content (AvgIpc) is 2.75. The zero-order valence-corrected chi connectivity index (χ0v) is 7.07. The monoisotopic (exact) mass is 176 g/mol. The van der Waals surface area contributed by atoms with Gasteiger partial charge in [-0.1, -0.05) is 0 Å². The van der Waals surface area contributed by atoms with Gasteiger partial charge in [0.2, 0.25) is 0 Å². The van der Waals surface area contributed by atoms with E-state index in [9.17, 15) is 4.79 Å². The van der Waals surface area contributed by atoms with Crippen molar-refractivity contribution in [3.05, 3.63) is 30.2 Å². The van der Waals surface area contributed by atoms with E-state index in [1.165, 1.54) is 6.92 Å². The highest BCUT2D eigenvalue weighted by atomic mass is 16.3. The fourth-order valence-corrected chi connectivity index (χ4v) is 1.06. The lowest BCUT2D eigenvalue weighted by Gasteiger charge is -1.85. The van der Waals surface area contributed by atoms with Crippen LogP contribution in [0, 0.1) is 0 Å². The molecule has 1 N–H and O–H groups in total. The van der Waals surface area contributed by atoms with Crippen molar-refractivity contribution in [1.82, 2.24) is 10.2 Å². The Kier molecular flexibility index (Phi) is 1.73. The first-order chi connectivity index (χ1) is 6.27. The Balaban J connectivity index is 2.39. The number of carbonyl (C=O) groups excluding carboxylic acids is 1. The molecule has 0 aliphatic heterocycles. The number of ketones is 1. The molecule has 0 unspecified atom stereocenters. The SMILES string of the molecule is CC(=O)c1cc(-c2ccco2)[nH]n1. The molecule has 0 aliphatic rings. The van der Waals surface area contributed by atoms with Crippen LogP contribution in [0.2, 0.25) is 0 Å². The molecular weight excluding hydrogens is 168 g/mol. The molecule has 2 heterocycles. The summed E-state index contributed by atoms with van der Waals surface area (Å²) < 4.78 is 5.13. The van der Waals surface area contributed by atoms with Gasteiger partial charge in [-0.25, -0.2) is 0 Å². The minimum atomic E-state index is -0.0611. The number of aromatic nitrogens is 2. The van der Waals surface area contributed by atoms with Gasteiger partial charge >= 0.3 is 0 Å². The number of furan rings is 1. The first-order valence-electron chi connectivity index (χ1n) is 3.87. The molecule has 2 aromatic rings. The maximum absolute atomic E-state index is 10.9. The Hall–Kier alpha value is -1.84. The summed E-state index contributed by atoms with van der Waals surface area (Å²) in [6.07, 6.45) is 1.57. The smallest absolute Gasteiger partial charge is 0.179 e. The molecule has 13 heavy (non-hydrogen) atoms. The lowest BCUT2D eigenvalue weighted by atomic mass is 10.2. The number of aromatic amines is 1. The van der Waals surface area contributed by atoms with Crippen molar-refractivity contribution < 1.29 is 9.21 Å². The highest BCUT2D eigenvalue weighted by Gasteiger charge is 2.07. The summed E-state index contributed by atoms with van der Waals surface area (Å²) >= 11 is 0. The van der Waals surface area contributed by atoms with Gasteiger partial charge in [0, 0.05) is 6.92 Å². The van der Waals surface area contributed by atoms with Crippen LogP contribution >= 0.6 is 0 Å². The fraction of sp³-hybridized carbons (Fsp3) is 0.111. The Morgan fingerprint density at radius 3 is 3.00 bits per heavy atom.